The van der Waals surface area contributed by atoms with Gasteiger partial charge >= 0.3 is 0 Å². The Kier molecular flexibility index (Phi) is 2.62. The Bertz CT molecular complexity index is 630. The van der Waals surface area contributed by atoms with E-state index in [-0.39, 0.29) is 12.6 Å². The van der Waals surface area contributed by atoms with Crippen LogP contribution in [0.2, 0.25) is 0 Å². The van der Waals surface area contributed by atoms with E-state index in [1.165, 1.54) is 0 Å². The van der Waals surface area contributed by atoms with Crippen molar-refractivity contribution in [3.63, 3.8) is 0 Å². The van der Waals surface area contributed by atoms with E-state index < -0.39 is 0 Å². The van der Waals surface area contributed by atoms with Crippen LogP contribution in [0.15, 0.2) is 30.5 Å². The number of nitrogens with zero attached hydrogens (tertiary/aromatic N) is 3. The molecule has 1 atom stereocenters. The van der Waals surface area contributed by atoms with E-state index in [2.05, 4.69) is 22.0 Å². The average molecular weight is 239 g/mol. The van der Waals surface area contributed by atoms with Gasteiger partial charge in [-0.05, 0) is 36.1 Å². The number of aliphatic hydroxyl groups is 1. The Morgan fingerprint density at radius 1 is 1.44 bits per heavy atom. The SMILES string of the molecule is N#Cc1nccc2cc(N3CC[C@H]3CO)ccc12. The van der Waals surface area contributed by atoms with Crippen LogP contribution < -0.4 is 4.90 Å². The number of benzene rings is 1. The van der Waals surface area contributed by atoms with Gasteiger partial charge in [-0.1, -0.05) is 0 Å². The molecule has 1 aliphatic rings. The zero-order valence-corrected chi connectivity index (χ0v) is 9.87. The lowest BCUT2D eigenvalue weighted by Crippen LogP contribution is -2.50. The first-order valence-corrected chi connectivity index (χ1v) is 6.00. The molecule has 4 heteroatoms. The van der Waals surface area contributed by atoms with E-state index in [0.29, 0.717) is 5.69 Å². The van der Waals surface area contributed by atoms with E-state index in [0.717, 1.165) is 29.4 Å². The van der Waals surface area contributed by atoms with Gasteiger partial charge in [-0.2, -0.15) is 5.26 Å². The van der Waals surface area contributed by atoms with E-state index in [1.54, 1.807) is 6.20 Å². The molecular weight excluding hydrogens is 226 g/mol. The van der Waals surface area contributed by atoms with Gasteiger partial charge in [-0.25, -0.2) is 4.98 Å². The maximum absolute atomic E-state index is 9.22. The molecule has 1 aromatic carbocycles. The molecule has 0 saturated carbocycles. The number of rotatable bonds is 2. The third kappa shape index (κ3) is 1.60. The molecule has 0 spiro atoms. The summed E-state index contributed by atoms with van der Waals surface area (Å²) in [6, 6.07) is 10.2. The minimum Gasteiger partial charge on any atom is -0.394 e. The molecule has 0 aliphatic carbocycles. The second-order valence-corrected chi connectivity index (χ2v) is 4.50. The molecule has 2 aromatic rings. The first-order valence-electron chi connectivity index (χ1n) is 6.00. The summed E-state index contributed by atoms with van der Waals surface area (Å²) in [5, 5.41) is 20.1. The molecule has 90 valence electrons. The van der Waals surface area contributed by atoms with Crippen molar-refractivity contribution in [2.24, 2.45) is 0 Å². The maximum Gasteiger partial charge on any atom is 0.148 e. The third-order valence-corrected chi connectivity index (χ3v) is 3.54. The highest BCUT2D eigenvalue weighted by molar-refractivity contribution is 5.89. The van der Waals surface area contributed by atoms with Gasteiger partial charge in [-0.3, -0.25) is 0 Å². The van der Waals surface area contributed by atoms with Gasteiger partial charge in [0.05, 0.1) is 12.6 Å². The van der Waals surface area contributed by atoms with Gasteiger partial charge in [0.1, 0.15) is 11.8 Å². The molecule has 1 aromatic heterocycles. The molecule has 1 aliphatic heterocycles. The van der Waals surface area contributed by atoms with Crippen molar-refractivity contribution < 1.29 is 5.11 Å². The van der Waals surface area contributed by atoms with Crippen LogP contribution in [0, 0.1) is 11.3 Å². The quantitative estimate of drug-likeness (QED) is 0.866. The Morgan fingerprint density at radius 2 is 2.33 bits per heavy atom. The summed E-state index contributed by atoms with van der Waals surface area (Å²) in [6.45, 7) is 1.17. The fraction of sp³-hybridized carbons (Fsp3) is 0.286. The van der Waals surface area contributed by atoms with Crippen LogP contribution in [0.3, 0.4) is 0 Å². The van der Waals surface area contributed by atoms with Gasteiger partial charge in [-0.15, -0.1) is 0 Å². The van der Waals surface area contributed by atoms with Crippen molar-refractivity contribution in [1.82, 2.24) is 4.98 Å². The molecule has 0 bridgehead atoms. The molecule has 1 N–H and O–H groups in total. The monoisotopic (exact) mass is 239 g/mol. The van der Waals surface area contributed by atoms with Crippen molar-refractivity contribution in [3.8, 4) is 6.07 Å². The van der Waals surface area contributed by atoms with E-state index in [9.17, 15) is 5.11 Å². The van der Waals surface area contributed by atoms with Crippen LogP contribution in [0.4, 0.5) is 5.69 Å². The molecule has 3 rings (SSSR count). The van der Waals surface area contributed by atoms with Crippen molar-refractivity contribution >= 4 is 16.5 Å². The number of aliphatic hydroxyl groups excluding tert-OH is 1. The van der Waals surface area contributed by atoms with Gasteiger partial charge in [0.25, 0.3) is 0 Å². The number of nitriles is 1. The Hall–Kier alpha value is -2.12. The summed E-state index contributed by atoms with van der Waals surface area (Å²) in [5.41, 5.74) is 1.56. The molecular formula is C14H13N3O. The highest BCUT2D eigenvalue weighted by Gasteiger charge is 2.27. The first kappa shape index (κ1) is 11.0. The fourth-order valence-electron chi connectivity index (χ4n) is 2.40. The summed E-state index contributed by atoms with van der Waals surface area (Å²) in [7, 11) is 0. The second-order valence-electron chi connectivity index (χ2n) is 4.50. The molecule has 1 fully saturated rings. The second kappa shape index (κ2) is 4.28. The van der Waals surface area contributed by atoms with Crippen LogP contribution in [-0.4, -0.2) is 29.3 Å². The minimum atomic E-state index is 0.192. The van der Waals surface area contributed by atoms with Crippen molar-refractivity contribution in [2.75, 3.05) is 18.1 Å². The maximum atomic E-state index is 9.22. The zero-order chi connectivity index (χ0) is 12.5. The number of fused-ring (bicyclic) bond motifs is 1. The lowest BCUT2D eigenvalue weighted by Gasteiger charge is -2.42. The third-order valence-electron chi connectivity index (χ3n) is 3.54. The van der Waals surface area contributed by atoms with Crippen LogP contribution in [0.25, 0.3) is 10.8 Å². The molecule has 4 nitrogen and oxygen atoms in total. The van der Waals surface area contributed by atoms with E-state index in [4.69, 9.17) is 5.26 Å². The summed E-state index contributed by atoms with van der Waals surface area (Å²) in [4.78, 5) is 6.24. The number of pyridine rings is 1. The molecule has 0 radical (unpaired) electrons. The average Bonchev–Trinajstić information content (AvgIpc) is 2.37. The minimum absolute atomic E-state index is 0.192. The number of aromatic nitrogens is 1. The highest BCUT2D eigenvalue weighted by atomic mass is 16.3. The van der Waals surface area contributed by atoms with Crippen LogP contribution in [-0.2, 0) is 0 Å². The predicted octanol–water partition coefficient (Wildman–Crippen LogP) is 1.68. The van der Waals surface area contributed by atoms with Crippen LogP contribution in [0.5, 0.6) is 0 Å². The van der Waals surface area contributed by atoms with E-state index >= 15 is 0 Å². The Labute approximate surface area is 105 Å². The largest absolute Gasteiger partial charge is 0.394 e. The van der Waals surface area contributed by atoms with Crippen molar-refractivity contribution in [3.05, 3.63) is 36.2 Å². The molecule has 1 saturated heterocycles. The van der Waals surface area contributed by atoms with Crippen molar-refractivity contribution in [2.45, 2.75) is 12.5 Å². The van der Waals surface area contributed by atoms with Crippen LogP contribution in [0.1, 0.15) is 12.1 Å². The molecule has 18 heavy (non-hydrogen) atoms. The Balaban J connectivity index is 2.05. The van der Waals surface area contributed by atoms with E-state index in [1.807, 2.05) is 18.2 Å². The number of hydrogen-bond donors (Lipinski definition) is 1. The number of hydrogen-bond acceptors (Lipinski definition) is 4. The summed E-state index contributed by atoms with van der Waals surface area (Å²) >= 11 is 0. The first-order chi connectivity index (χ1) is 8.83. The molecule has 2 heterocycles. The lowest BCUT2D eigenvalue weighted by molar-refractivity contribution is 0.226. The molecule has 0 unspecified atom stereocenters. The number of anilines is 1. The highest BCUT2D eigenvalue weighted by Crippen LogP contribution is 2.29. The zero-order valence-electron chi connectivity index (χ0n) is 9.87. The summed E-state index contributed by atoms with van der Waals surface area (Å²) < 4.78 is 0. The smallest absolute Gasteiger partial charge is 0.148 e. The summed E-state index contributed by atoms with van der Waals surface area (Å²) in [6.07, 6.45) is 2.69. The van der Waals surface area contributed by atoms with Gasteiger partial charge < -0.3 is 10.0 Å². The van der Waals surface area contributed by atoms with Gasteiger partial charge in [0.2, 0.25) is 0 Å². The lowest BCUT2D eigenvalue weighted by atomic mass is 10.0. The predicted molar refractivity (Wildman–Crippen MR) is 69.3 cm³/mol. The van der Waals surface area contributed by atoms with Crippen molar-refractivity contribution in [1.29, 1.82) is 5.26 Å². The summed E-state index contributed by atoms with van der Waals surface area (Å²) in [5.74, 6) is 0. The van der Waals surface area contributed by atoms with Gasteiger partial charge in [0, 0.05) is 23.8 Å². The molecule has 0 amide bonds. The topological polar surface area (TPSA) is 60.2 Å². The Morgan fingerprint density at radius 3 is 3.00 bits per heavy atom. The fourth-order valence-corrected chi connectivity index (χ4v) is 2.40. The standard InChI is InChI=1S/C14H13N3O/c15-8-14-13-2-1-11(7-10(13)3-5-16-14)17-6-4-12(17)9-18/h1-3,5,7,12,18H,4,6,9H2/t12-/m0/s1. The normalized spacial score (nSPS) is 18.4. The van der Waals surface area contributed by atoms with Crippen LogP contribution >= 0.6 is 0 Å². The van der Waals surface area contributed by atoms with Gasteiger partial charge in [0.15, 0.2) is 0 Å².